The van der Waals surface area contributed by atoms with Gasteiger partial charge in [0.05, 0.1) is 6.61 Å². The van der Waals surface area contributed by atoms with Crippen LogP contribution >= 0.6 is 11.6 Å². The number of benzene rings is 1. The van der Waals surface area contributed by atoms with Crippen LogP contribution in [0.3, 0.4) is 0 Å². The number of nitrogens with one attached hydrogen (secondary N) is 1. The number of aryl methyl sites for hydroxylation is 1. The zero-order valence-corrected chi connectivity index (χ0v) is 11.7. The van der Waals surface area contributed by atoms with E-state index in [2.05, 4.69) is 5.32 Å². The summed E-state index contributed by atoms with van der Waals surface area (Å²) in [5.74, 6) is -0.342. The van der Waals surface area contributed by atoms with E-state index in [4.69, 9.17) is 16.7 Å². The predicted octanol–water partition coefficient (Wildman–Crippen LogP) is 1.52. The van der Waals surface area contributed by atoms with Gasteiger partial charge in [0.2, 0.25) is 5.91 Å². The minimum atomic E-state index is -1.31. The smallest absolute Gasteiger partial charge is 0.244 e. The lowest BCUT2D eigenvalue weighted by atomic mass is 10.1. The van der Waals surface area contributed by atoms with E-state index in [1.54, 1.807) is 12.1 Å². The summed E-state index contributed by atoms with van der Waals surface area (Å²) in [5, 5.41) is 21.5. The van der Waals surface area contributed by atoms with E-state index in [0.29, 0.717) is 5.02 Å². The molecule has 1 unspecified atom stereocenters. The Hall–Kier alpha value is -1.36. The van der Waals surface area contributed by atoms with Crippen LogP contribution in [0.15, 0.2) is 24.3 Å². The highest BCUT2D eigenvalue weighted by Gasteiger charge is 2.18. The fourth-order valence-corrected chi connectivity index (χ4v) is 1.47. The first-order chi connectivity index (χ1) is 8.84. The van der Waals surface area contributed by atoms with E-state index < -0.39 is 12.2 Å². The van der Waals surface area contributed by atoms with E-state index >= 15 is 0 Å². The third-order valence-electron chi connectivity index (χ3n) is 2.61. The second-order valence-corrected chi connectivity index (χ2v) is 5.12. The summed E-state index contributed by atoms with van der Waals surface area (Å²) >= 11 is 5.97. The molecule has 1 amide bonds. The van der Waals surface area contributed by atoms with Crippen LogP contribution in [0.5, 0.6) is 0 Å². The maximum Gasteiger partial charge on any atom is 0.244 e. The Balaban J connectivity index is 2.56. The predicted molar refractivity (Wildman–Crippen MR) is 75.9 cm³/mol. The van der Waals surface area contributed by atoms with Gasteiger partial charge in [-0.15, -0.1) is 0 Å². The number of carbonyl (C=O) groups is 1. The molecule has 4 nitrogen and oxygen atoms in total. The lowest BCUT2D eigenvalue weighted by Crippen LogP contribution is -2.42. The average Bonchev–Trinajstić information content (AvgIpc) is 2.38. The number of aliphatic hydroxyl groups excluding tert-OH is 1. The van der Waals surface area contributed by atoms with Crippen molar-refractivity contribution in [2.24, 2.45) is 0 Å². The van der Waals surface area contributed by atoms with E-state index in [1.165, 1.54) is 13.0 Å². The Morgan fingerprint density at radius 1 is 1.53 bits per heavy atom. The molecule has 5 heteroatoms. The van der Waals surface area contributed by atoms with Crippen molar-refractivity contribution in [1.29, 1.82) is 0 Å². The zero-order chi connectivity index (χ0) is 14.5. The summed E-state index contributed by atoms with van der Waals surface area (Å²) < 4.78 is 0. The molecule has 0 fully saturated rings. The van der Waals surface area contributed by atoms with Gasteiger partial charge < -0.3 is 15.5 Å². The second kappa shape index (κ2) is 6.70. The van der Waals surface area contributed by atoms with Crippen molar-refractivity contribution >= 4 is 23.6 Å². The Morgan fingerprint density at radius 2 is 2.21 bits per heavy atom. The van der Waals surface area contributed by atoms with Crippen LogP contribution in [0, 0.1) is 6.92 Å². The van der Waals surface area contributed by atoms with Gasteiger partial charge in [-0.1, -0.05) is 23.7 Å². The monoisotopic (exact) mass is 283 g/mol. The standard InChI is InChI=1S/C14H18ClNO3/c1-10-3-4-11(7-12(10)15)5-6-13(18)16-8-14(2,19)9-17/h3-7,17,19H,8-9H2,1-2H3,(H,16,18). The van der Waals surface area contributed by atoms with E-state index in [9.17, 15) is 9.90 Å². The van der Waals surface area contributed by atoms with Gasteiger partial charge in [0, 0.05) is 17.6 Å². The Morgan fingerprint density at radius 3 is 2.79 bits per heavy atom. The maximum absolute atomic E-state index is 11.5. The van der Waals surface area contributed by atoms with Crippen molar-refractivity contribution in [3.8, 4) is 0 Å². The number of hydrogen-bond acceptors (Lipinski definition) is 3. The molecule has 0 aliphatic rings. The van der Waals surface area contributed by atoms with Gasteiger partial charge in [-0.25, -0.2) is 0 Å². The van der Waals surface area contributed by atoms with Gasteiger partial charge in [0.25, 0.3) is 0 Å². The third-order valence-corrected chi connectivity index (χ3v) is 3.01. The fraction of sp³-hybridized carbons (Fsp3) is 0.357. The van der Waals surface area contributed by atoms with Crippen molar-refractivity contribution in [3.05, 3.63) is 40.4 Å². The first kappa shape index (κ1) is 15.7. The molecule has 0 aromatic heterocycles. The summed E-state index contributed by atoms with van der Waals surface area (Å²) in [7, 11) is 0. The fourth-order valence-electron chi connectivity index (χ4n) is 1.28. The highest BCUT2D eigenvalue weighted by Crippen LogP contribution is 2.17. The van der Waals surface area contributed by atoms with Crippen LogP contribution in [-0.4, -0.2) is 34.9 Å². The molecule has 0 saturated heterocycles. The molecule has 0 spiro atoms. The van der Waals surface area contributed by atoms with Crippen molar-refractivity contribution < 1.29 is 15.0 Å². The van der Waals surface area contributed by atoms with Crippen LogP contribution in [0.4, 0.5) is 0 Å². The first-order valence-electron chi connectivity index (χ1n) is 5.89. The summed E-state index contributed by atoms with van der Waals surface area (Å²) in [5.41, 5.74) is 0.485. The highest BCUT2D eigenvalue weighted by atomic mass is 35.5. The topological polar surface area (TPSA) is 69.6 Å². The molecule has 1 aromatic carbocycles. The molecular formula is C14H18ClNO3. The minimum Gasteiger partial charge on any atom is -0.393 e. The highest BCUT2D eigenvalue weighted by molar-refractivity contribution is 6.31. The molecular weight excluding hydrogens is 266 g/mol. The number of carbonyl (C=O) groups excluding carboxylic acids is 1. The second-order valence-electron chi connectivity index (χ2n) is 4.71. The van der Waals surface area contributed by atoms with Crippen LogP contribution in [0.1, 0.15) is 18.1 Å². The lowest BCUT2D eigenvalue weighted by Gasteiger charge is -2.19. The number of amides is 1. The third kappa shape index (κ3) is 5.42. The number of aliphatic hydroxyl groups is 2. The van der Waals surface area contributed by atoms with Gasteiger partial charge >= 0.3 is 0 Å². The van der Waals surface area contributed by atoms with E-state index in [1.807, 2.05) is 19.1 Å². The van der Waals surface area contributed by atoms with Crippen LogP contribution in [0.25, 0.3) is 6.08 Å². The van der Waals surface area contributed by atoms with Crippen molar-refractivity contribution in [1.82, 2.24) is 5.32 Å². The van der Waals surface area contributed by atoms with Crippen molar-refractivity contribution in [2.75, 3.05) is 13.2 Å². The van der Waals surface area contributed by atoms with Gasteiger partial charge in [0.15, 0.2) is 0 Å². The Labute approximate surface area is 117 Å². The molecule has 0 saturated carbocycles. The molecule has 0 bridgehead atoms. The van der Waals surface area contributed by atoms with Gasteiger partial charge in [-0.05, 0) is 37.1 Å². The van der Waals surface area contributed by atoms with Crippen LogP contribution < -0.4 is 5.32 Å². The Kier molecular flexibility index (Phi) is 5.54. The summed E-state index contributed by atoms with van der Waals surface area (Å²) in [6, 6.07) is 5.50. The SMILES string of the molecule is Cc1ccc(C=CC(=O)NCC(C)(O)CO)cc1Cl. The summed E-state index contributed by atoms with van der Waals surface area (Å²) in [6.45, 7) is 2.92. The first-order valence-corrected chi connectivity index (χ1v) is 6.27. The normalized spacial score (nSPS) is 14.4. The van der Waals surface area contributed by atoms with Gasteiger partial charge in [-0.3, -0.25) is 4.79 Å². The molecule has 0 aliphatic carbocycles. The number of rotatable bonds is 5. The number of hydrogen-bond donors (Lipinski definition) is 3. The molecule has 19 heavy (non-hydrogen) atoms. The molecule has 3 N–H and O–H groups in total. The lowest BCUT2D eigenvalue weighted by molar-refractivity contribution is -0.117. The van der Waals surface area contributed by atoms with E-state index in [0.717, 1.165) is 11.1 Å². The number of halogens is 1. The van der Waals surface area contributed by atoms with Crippen LogP contribution in [-0.2, 0) is 4.79 Å². The maximum atomic E-state index is 11.5. The van der Waals surface area contributed by atoms with Gasteiger partial charge in [0.1, 0.15) is 5.60 Å². The van der Waals surface area contributed by atoms with Gasteiger partial charge in [-0.2, -0.15) is 0 Å². The molecule has 0 radical (unpaired) electrons. The molecule has 1 aromatic rings. The molecule has 1 atom stereocenters. The quantitative estimate of drug-likeness (QED) is 0.718. The van der Waals surface area contributed by atoms with E-state index in [-0.39, 0.29) is 12.5 Å². The molecule has 0 aliphatic heterocycles. The average molecular weight is 284 g/mol. The molecule has 0 heterocycles. The molecule has 104 valence electrons. The largest absolute Gasteiger partial charge is 0.393 e. The van der Waals surface area contributed by atoms with Crippen LogP contribution in [0.2, 0.25) is 5.02 Å². The molecule has 1 rings (SSSR count). The minimum absolute atomic E-state index is 0.0126. The Bertz CT molecular complexity index is 484. The summed E-state index contributed by atoms with van der Waals surface area (Å²) in [6.07, 6.45) is 2.99. The zero-order valence-electron chi connectivity index (χ0n) is 11.0. The van der Waals surface area contributed by atoms with Crippen molar-refractivity contribution in [3.63, 3.8) is 0 Å². The van der Waals surface area contributed by atoms with Crippen molar-refractivity contribution in [2.45, 2.75) is 19.4 Å². The summed E-state index contributed by atoms with van der Waals surface area (Å²) in [4.78, 5) is 11.5.